The number of carbonyl (C=O) groups excluding carboxylic acids is 1. The number of fused-ring (bicyclic) bond motifs is 2. The Kier molecular flexibility index (Phi) is 3.66. The number of rotatable bonds is 2. The van der Waals surface area contributed by atoms with E-state index in [0.29, 0.717) is 11.5 Å². The quantitative estimate of drug-likeness (QED) is 0.839. The fourth-order valence-corrected chi connectivity index (χ4v) is 6.39. The van der Waals surface area contributed by atoms with Crippen LogP contribution in [-0.2, 0) is 0 Å². The number of aryl methyl sites for hydroxylation is 2. The molecular weight excluding hydrogens is 330 g/mol. The molecule has 2 aromatic heterocycles. The average molecular weight is 358 g/mol. The fourth-order valence-electron chi connectivity index (χ4n) is 5.36. The highest BCUT2D eigenvalue weighted by atomic mass is 32.1. The first-order valence-electron chi connectivity index (χ1n) is 9.09. The van der Waals surface area contributed by atoms with Crippen molar-refractivity contribution in [2.45, 2.75) is 59.9 Å². The molecule has 25 heavy (non-hydrogen) atoms. The minimum atomic E-state index is 0.202. The average Bonchev–Trinajstić information content (AvgIpc) is 3.14. The molecule has 1 saturated heterocycles. The number of amides is 1. The molecule has 1 aliphatic carbocycles. The van der Waals surface area contributed by atoms with E-state index in [9.17, 15) is 4.79 Å². The summed E-state index contributed by atoms with van der Waals surface area (Å²) < 4.78 is 0. The number of aromatic amines is 1. The molecule has 5 heteroatoms. The SMILES string of the molecule is Cc1n[nH]c(C)c1-c1cc(C(=O)N2CC3(C)CC2CC(C)(C)C3)cs1. The summed E-state index contributed by atoms with van der Waals surface area (Å²) in [5.74, 6) is 0.202. The van der Waals surface area contributed by atoms with Gasteiger partial charge in [-0.2, -0.15) is 5.10 Å². The van der Waals surface area contributed by atoms with Crippen molar-refractivity contribution in [2.24, 2.45) is 10.8 Å². The predicted octanol–water partition coefficient (Wildman–Crippen LogP) is 4.80. The number of carbonyl (C=O) groups is 1. The highest BCUT2D eigenvalue weighted by Gasteiger charge is 2.51. The van der Waals surface area contributed by atoms with E-state index in [0.717, 1.165) is 46.8 Å². The normalized spacial score (nSPS) is 27.7. The van der Waals surface area contributed by atoms with Crippen LogP contribution in [0.25, 0.3) is 10.4 Å². The molecule has 2 fully saturated rings. The number of hydrogen-bond donors (Lipinski definition) is 1. The Labute approximate surface area is 153 Å². The van der Waals surface area contributed by atoms with Crippen LogP contribution < -0.4 is 0 Å². The van der Waals surface area contributed by atoms with Gasteiger partial charge < -0.3 is 4.90 Å². The molecule has 2 bridgehead atoms. The molecule has 134 valence electrons. The van der Waals surface area contributed by atoms with Crippen LogP contribution in [0.15, 0.2) is 11.4 Å². The molecule has 4 nitrogen and oxygen atoms in total. The minimum absolute atomic E-state index is 0.202. The summed E-state index contributed by atoms with van der Waals surface area (Å²) in [5.41, 5.74) is 4.62. The molecule has 1 amide bonds. The highest BCUT2D eigenvalue weighted by Crippen LogP contribution is 2.52. The maximum absolute atomic E-state index is 13.2. The smallest absolute Gasteiger partial charge is 0.254 e. The summed E-state index contributed by atoms with van der Waals surface area (Å²) in [5, 5.41) is 9.33. The van der Waals surface area contributed by atoms with Gasteiger partial charge in [0.1, 0.15) is 0 Å². The van der Waals surface area contributed by atoms with Crippen molar-refractivity contribution in [3.8, 4) is 10.4 Å². The van der Waals surface area contributed by atoms with Gasteiger partial charge in [0.05, 0.1) is 11.3 Å². The molecule has 2 unspecified atom stereocenters. The van der Waals surface area contributed by atoms with E-state index in [2.05, 4.69) is 35.9 Å². The van der Waals surface area contributed by atoms with E-state index in [1.54, 1.807) is 11.3 Å². The second kappa shape index (κ2) is 5.44. The van der Waals surface area contributed by atoms with Crippen molar-refractivity contribution in [2.75, 3.05) is 6.54 Å². The van der Waals surface area contributed by atoms with Crippen molar-refractivity contribution in [3.63, 3.8) is 0 Å². The van der Waals surface area contributed by atoms with Crippen LogP contribution >= 0.6 is 11.3 Å². The Morgan fingerprint density at radius 2 is 2.08 bits per heavy atom. The molecule has 0 aromatic carbocycles. The maximum Gasteiger partial charge on any atom is 0.254 e. The fraction of sp³-hybridized carbons (Fsp3) is 0.600. The van der Waals surface area contributed by atoms with E-state index in [1.165, 1.54) is 6.42 Å². The number of nitrogens with one attached hydrogen (secondary N) is 1. The van der Waals surface area contributed by atoms with Crippen molar-refractivity contribution < 1.29 is 4.79 Å². The Morgan fingerprint density at radius 1 is 1.32 bits per heavy atom. The van der Waals surface area contributed by atoms with Crippen molar-refractivity contribution in [1.29, 1.82) is 0 Å². The van der Waals surface area contributed by atoms with Crippen LogP contribution in [0.1, 0.15) is 61.8 Å². The van der Waals surface area contributed by atoms with Crippen molar-refractivity contribution in [3.05, 3.63) is 28.4 Å². The highest BCUT2D eigenvalue weighted by molar-refractivity contribution is 7.13. The topological polar surface area (TPSA) is 49.0 Å². The monoisotopic (exact) mass is 357 g/mol. The van der Waals surface area contributed by atoms with Gasteiger partial charge in [0.2, 0.25) is 0 Å². The molecule has 2 atom stereocenters. The Balaban J connectivity index is 1.61. The molecule has 2 aliphatic rings. The Hall–Kier alpha value is -1.62. The third-order valence-corrected chi connectivity index (χ3v) is 6.84. The molecule has 0 spiro atoms. The number of nitrogens with zero attached hydrogens (tertiary/aromatic N) is 2. The summed E-state index contributed by atoms with van der Waals surface area (Å²) in [6.45, 7) is 12.0. The minimum Gasteiger partial charge on any atom is -0.335 e. The number of likely N-dealkylation sites (tertiary alicyclic amines) is 1. The van der Waals surface area contributed by atoms with Crippen LogP contribution in [0.5, 0.6) is 0 Å². The molecule has 4 rings (SSSR count). The van der Waals surface area contributed by atoms with Crippen molar-refractivity contribution in [1.82, 2.24) is 15.1 Å². The number of H-pyrrole nitrogens is 1. The molecule has 0 radical (unpaired) electrons. The van der Waals surface area contributed by atoms with Crippen LogP contribution in [0, 0.1) is 24.7 Å². The van der Waals surface area contributed by atoms with Gasteiger partial charge in [-0.05, 0) is 50.0 Å². The lowest BCUT2D eigenvalue weighted by Crippen LogP contribution is -2.37. The van der Waals surface area contributed by atoms with Crippen molar-refractivity contribution >= 4 is 17.2 Å². The summed E-state index contributed by atoms with van der Waals surface area (Å²) >= 11 is 1.64. The van der Waals surface area contributed by atoms with Gasteiger partial charge in [0.15, 0.2) is 0 Å². The largest absolute Gasteiger partial charge is 0.335 e. The molecule has 1 aliphatic heterocycles. The summed E-state index contributed by atoms with van der Waals surface area (Å²) in [6.07, 6.45) is 3.48. The lowest BCUT2D eigenvalue weighted by Gasteiger charge is -2.39. The van der Waals surface area contributed by atoms with Gasteiger partial charge in [-0.15, -0.1) is 11.3 Å². The number of aromatic nitrogens is 2. The van der Waals surface area contributed by atoms with Gasteiger partial charge in [-0.3, -0.25) is 9.89 Å². The Morgan fingerprint density at radius 3 is 2.76 bits per heavy atom. The molecular formula is C20H27N3OS. The van der Waals surface area contributed by atoms with Crippen LogP contribution in [0.3, 0.4) is 0 Å². The first-order valence-corrected chi connectivity index (χ1v) is 9.97. The van der Waals surface area contributed by atoms with E-state index < -0.39 is 0 Å². The first kappa shape index (κ1) is 16.8. The second-order valence-corrected chi connectivity index (χ2v) is 10.1. The van der Waals surface area contributed by atoms with Gasteiger partial charge in [-0.1, -0.05) is 20.8 Å². The summed E-state index contributed by atoms with van der Waals surface area (Å²) in [6, 6.07) is 2.44. The van der Waals surface area contributed by atoms with E-state index in [1.807, 2.05) is 25.3 Å². The molecule has 2 aromatic rings. The number of hydrogen-bond acceptors (Lipinski definition) is 3. The molecule has 1 N–H and O–H groups in total. The third-order valence-electron chi connectivity index (χ3n) is 5.90. The van der Waals surface area contributed by atoms with Gasteiger partial charge >= 0.3 is 0 Å². The maximum atomic E-state index is 13.2. The lowest BCUT2D eigenvalue weighted by atomic mass is 9.65. The van der Waals surface area contributed by atoms with Crippen LogP contribution in [0.2, 0.25) is 0 Å². The molecule has 1 saturated carbocycles. The molecule has 3 heterocycles. The third kappa shape index (κ3) is 2.82. The Bertz CT molecular complexity index is 814. The van der Waals surface area contributed by atoms with E-state index in [4.69, 9.17) is 0 Å². The van der Waals surface area contributed by atoms with E-state index >= 15 is 0 Å². The number of thiophene rings is 1. The second-order valence-electron chi connectivity index (χ2n) is 9.16. The zero-order valence-corrected chi connectivity index (χ0v) is 16.6. The standard InChI is InChI=1S/C20H27N3OS/c1-12-17(13(2)22-21-12)16-6-14(9-25-16)18(24)23-11-20(5)8-15(23)7-19(3,4)10-20/h6,9,15H,7-8,10-11H2,1-5H3,(H,21,22). The van der Waals surface area contributed by atoms with Gasteiger partial charge in [0.25, 0.3) is 5.91 Å². The lowest BCUT2D eigenvalue weighted by molar-refractivity contribution is 0.0709. The first-order chi connectivity index (χ1) is 11.7. The van der Waals surface area contributed by atoms with Crippen LogP contribution in [0.4, 0.5) is 0 Å². The summed E-state index contributed by atoms with van der Waals surface area (Å²) in [4.78, 5) is 16.5. The van der Waals surface area contributed by atoms with Gasteiger partial charge in [0, 0.05) is 34.1 Å². The van der Waals surface area contributed by atoms with E-state index in [-0.39, 0.29) is 11.3 Å². The van der Waals surface area contributed by atoms with Crippen LogP contribution in [-0.4, -0.2) is 33.6 Å². The zero-order valence-electron chi connectivity index (χ0n) is 15.8. The predicted molar refractivity (Wildman–Crippen MR) is 102 cm³/mol. The summed E-state index contributed by atoms with van der Waals surface area (Å²) in [7, 11) is 0. The zero-order chi connectivity index (χ0) is 18.0. The van der Waals surface area contributed by atoms with Gasteiger partial charge in [-0.25, -0.2) is 0 Å².